The number of carbonyl (C=O) groups is 1. The Kier molecular flexibility index (Phi) is 8.07. The molecule has 4 nitrogen and oxygen atoms in total. The van der Waals surface area contributed by atoms with E-state index >= 15 is 0 Å². The van der Waals surface area contributed by atoms with Gasteiger partial charge in [-0.2, -0.15) is 0 Å². The van der Waals surface area contributed by atoms with Crippen molar-refractivity contribution >= 4 is 5.91 Å². The van der Waals surface area contributed by atoms with E-state index in [0.29, 0.717) is 18.6 Å². The Bertz CT molecular complexity index is 254. The Balaban J connectivity index is 2.40. The van der Waals surface area contributed by atoms with Crippen LogP contribution >= 0.6 is 0 Å². The van der Waals surface area contributed by atoms with Crippen LogP contribution in [0, 0.1) is 0 Å². The molecule has 2 N–H and O–H groups in total. The second-order valence-corrected chi connectivity index (χ2v) is 5.51. The summed E-state index contributed by atoms with van der Waals surface area (Å²) in [5, 5.41) is 6.55. The minimum atomic E-state index is 0.192. The lowest BCUT2D eigenvalue weighted by Gasteiger charge is -2.35. The van der Waals surface area contributed by atoms with Gasteiger partial charge in [0.15, 0.2) is 0 Å². The summed E-state index contributed by atoms with van der Waals surface area (Å²) in [6.07, 6.45) is 5.76. The molecular weight excluding hydrogens is 238 g/mol. The molecule has 1 aliphatic rings. The quantitative estimate of drug-likeness (QED) is 0.706. The highest BCUT2D eigenvalue weighted by atomic mass is 16.2. The molecule has 4 heteroatoms. The summed E-state index contributed by atoms with van der Waals surface area (Å²) in [6.45, 7) is 10.0. The molecule has 0 spiro atoms. The van der Waals surface area contributed by atoms with Gasteiger partial charge < -0.3 is 10.6 Å². The zero-order valence-electron chi connectivity index (χ0n) is 12.9. The van der Waals surface area contributed by atoms with Gasteiger partial charge in [-0.25, -0.2) is 0 Å². The highest BCUT2D eigenvalue weighted by molar-refractivity contribution is 5.78. The molecule has 0 saturated carbocycles. The summed E-state index contributed by atoms with van der Waals surface area (Å²) in [4.78, 5) is 14.4. The Morgan fingerprint density at radius 1 is 1.26 bits per heavy atom. The number of carbonyl (C=O) groups excluding carboxylic acids is 1. The largest absolute Gasteiger partial charge is 0.352 e. The molecule has 0 aromatic heterocycles. The fourth-order valence-electron chi connectivity index (χ4n) is 2.76. The monoisotopic (exact) mass is 269 g/mol. The Labute approximate surface area is 118 Å². The van der Waals surface area contributed by atoms with Crippen molar-refractivity contribution in [2.24, 2.45) is 0 Å². The molecule has 0 radical (unpaired) electrons. The number of nitrogens with one attached hydrogen (secondary N) is 2. The van der Waals surface area contributed by atoms with E-state index < -0.39 is 0 Å². The lowest BCUT2D eigenvalue weighted by molar-refractivity contribution is -0.123. The van der Waals surface area contributed by atoms with E-state index in [1.807, 2.05) is 0 Å². The van der Waals surface area contributed by atoms with Crippen LogP contribution in [0.4, 0.5) is 0 Å². The first-order valence-electron chi connectivity index (χ1n) is 7.95. The normalized spacial score (nSPS) is 20.7. The first-order chi connectivity index (χ1) is 9.21. The molecule has 112 valence electrons. The first kappa shape index (κ1) is 16.4. The van der Waals surface area contributed by atoms with Crippen LogP contribution in [0.15, 0.2) is 0 Å². The summed E-state index contributed by atoms with van der Waals surface area (Å²) >= 11 is 0. The molecule has 1 aliphatic heterocycles. The molecule has 1 amide bonds. The third-order valence-electron chi connectivity index (χ3n) is 4.08. The van der Waals surface area contributed by atoms with Crippen molar-refractivity contribution in [3.63, 3.8) is 0 Å². The van der Waals surface area contributed by atoms with E-state index in [-0.39, 0.29) is 5.91 Å². The van der Waals surface area contributed by atoms with E-state index in [2.05, 4.69) is 36.3 Å². The maximum absolute atomic E-state index is 12.1. The minimum absolute atomic E-state index is 0.192. The van der Waals surface area contributed by atoms with Crippen molar-refractivity contribution in [2.45, 2.75) is 65.0 Å². The number of hydrogen-bond donors (Lipinski definition) is 2. The molecule has 0 bridgehead atoms. The molecule has 1 rings (SSSR count). The van der Waals surface area contributed by atoms with Crippen LogP contribution in [0.3, 0.4) is 0 Å². The van der Waals surface area contributed by atoms with Gasteiger partial charge in [-0.05, 0) is 38.8 Å². The van der Waals surface area contributed by atoms with Gasteiger partial charge in [-0.15, -0.1) is 0 Å². The molecule has 0 aromatic rings. The number of likely N-dealkylation sites (N-methyl/N-ethyl adjacent to an activating group) is 1. The second-order valence-electron chi connectivity index (χ2n) is 5.51. The summed E-state index contributed by atoms with van der Waals surface area (Å²) in [5.74, 6) is 0.192. The average molecular weight is 269 g/mol. The fraction of sp³-hybridized carbons (Fsp3) is 0.933. The van der Waals surface area contributed by atoms with Gasteiger partial charge in [0.2, 0.25) is 5.91 Å². The molecular formula is C15H31N3O. The van der Waals surface area contributed by atoms with Gasteiger partial charge in [0.05, 0.1) is 6.54 Å². The van der Waals surface area contributed by atoms with E-state index in [1.165, 1.54) is 19.3 Å². The van der Waals surface area contributed by atoms with Crippen LogP contribution in [0.5, 0.6) is 0 Å². The SMILES string of the molecule is CCNCC1CCCCN1CC(=O)NC(CC)CC. The molecule has 1 fully saturated rings. The first-order valence-corrected chi connectivity index (χ1v) is 7.95. The van der Waals surface area contributed by atoms with Crippen LogP contribution in [0.25, 0.3) is 0 Å². The third-order valence-corrected chi connectivity index (χ3v) is 4.08. The zero-order valence-corrected chi connectivity index (χ0v) is 12.9. The van der Waals surface area contributed by atoms with Crippen LogP contribution in [0.1, 0.15) is 52.9 Å². The van der Waals surface area contributed by atoms with E-state index in [9.17, 15) is 4.79 Å². The standard InChI is InChI=1S/C15H31N3O/c1-4-13(5-2)17-15(19)12-18-10-8-7-9-14(18)11-16-6-3/h13-14,16H,4-12H2,1-3H3,(H,17,19). The van der Waals surface area contributed by atoms with Crippen LogP contribution in [-0.4, -0.2) is 49.1 Å². The number of nitrogens with zero attached hydrogens (tertiary/aromatic N) is 1. The van der Waals surface area contributed by atoms with Gasteiger partial charge in [-0.3, -0.25) is 9.69 Å². The van der Waals surface area contributed by atoms with Crippen molar-refractivity contribution in [1.82, 2.24) is 15.5 Å². The van der Waals surface area contributed by atoms with Crippen molar-refractivity contribution in [3.05, 3.63) is 0 Å². The Hall–Kier alpha value is -0.610. The minimum Gasteiger partial charge on any atom is -0.352 e. The molecule has 1 heterocycles. The van der Waals surface area contributed by atoms with Crippen molar-refractivity contribution in [2.75, 3.05) is 26.2 Å². The fourth-order valence-corrected chi connectivity index (χ4v) is 2.76. The van der Waals surface area contributed by atoms with Gasteiger partial charge in [0, 0.05) is 18.6 Å². The maximum atomic E-state index is 12.1. The number of rotatable bonds is 8. The predicted octanol–water partition coefficient (Wildman–Crippen LogP) is 1.76. The van der Waals surface area contributed by atoms with Crippen LogP contribution < -0.4 is 10.6 Å². The molecule has 1 atom stereocenters. The molecule has 0 aliphatic carbocycles. The van der Waals surface area contributed by atoms with Gasteiger partial charge in [-0.1, -0.05) is 27.2 Å². The zero-order chi connectivity index (χ0) is 14.1. The van der Waals surface area contributed by atoms with Gasteiger partial charge >= 0.3 is 0 Å². The highest BCUT2D eigenvalue weighted by Gasteiger charge is 2.24. The second kappa shape index (κ2) is 9.32. The van der Waals surface area contributed by atoms with Crippen molar-refractivity contribution in [1.29, 1.82) is 0 Å². The summed E-state index contributed by atoms with van der Waals surface area (Å²) in [5.41, 5.74) is 0. The summed E-state index contributed by atoms with van der Waals surface area (Å²) < 4.78 is 0. The summed E-state index contributed by atoms with van der Waals surface area (Å²) in [7, 11) is 0. The van der Waals surface area contributed by atoms with Crippen molar-refractivity contribution in [3.8, 4) is 0 Å². The topological polar surface area (TPSA) is 44.4 Å². The molecule has 1 saturated heterocycles. The average Bonchev–Trinajstić information content (AvgIpc) is 2.43. The number of hydrogen-bond acceptors (Lipinski definition) is 3. The van der Waals surface area contributed by atoms with E-state index in [4.69, 9.17) is 0 Å². The predicted molar refractivity (Wildman–Crippen MR) is 80.3 cm³/mol. The molecule has 1 unspecified atom stereocenters. The van der Waals surface area contributed by atoms with E-state index in [1.54, 1.807) is 0 Å². The Morgan fingerprint density at radius 3 is 2.63 bits per heavy atom. The molecule has 19 heavy (non-hydrogen) atoms. The van der Waals surface area contributed by atoms with E-state index in [0.717, 1.165) is 32.5 Å². The van der Waals surface area contributed by atoms with Crippen LogP contribution in [0.2, 0.25) is 0 Å². The van der Waals surface area contributed by atoms with Crippen molar-refractivity contribution < 1.29 is 4.79 Å². The smallest absolute Gasteiger partial charge is 0.234 e. The Morgan fingerprint density at radius 2 is 2.00 bits per heavy atom. The van der Waals surface area contributed by atoms with Gasteiger partial charge in [0.1, 0.15) is 0 Å². The maximum Gasteiger partial charge on any atom is 0.234 e. The lowest BCUT2D eigenvalue weighted by Crippen LogP contribution is -2.50. The van der Waals surface area contributed by atoms with Gasteiger partial charge in [0.25, 0.3) is 0 Å². The van der Waals surface area contributed by atoms with Crippen LogP contribution in [-0.2, 0) is 4.79 Å². The highest BCUT2D eigenvalue weighted by Crippen LogP contribution is 2.16. The number of likely N-dealkylation sites (tertiary alicyclic amines) is 1. The molecule has 0 aromatic carbocycles. The lowest BCUT2D eigenvalue weighted by atomic mass is 10.0. The third kappa shape index (κ3) is 5.91. The number of piperidine rings is 1. The summed E-state index contributed by atoms with van der Waals surface area (Å²) in [6, 6.07) is 0.866. The number of amides is 1.